The van der Waals surface area contributed by atoms with Crippen molar-refractivity contribution in [2.24, 2.45) is 5.92 Å². The summed E-state index contributed by atoms with van der Waals surface area (Å²) in [5.74, 6) is 0.905. The number of hydrogen-bond acceptors (Lipinski definition) is 4. The fraction of sp³-hybridized carbons (Fsp3) is 0.933. The normalized spacial score (nSPS) is 20.4. The van der Waals surface area contributed by atoms with Crippen molar-refractivity contribution < 1.29 is 17.9 Å². The first-order valence-electron chi connectivity index (χ1n) is 8.61. The first-order valence-corrected chi connectivity index (χ1v) is 10.2. The zero-order valence-electron chi connectivity index (χ0n) is 13.9. The van der Waals surface area contributed by atoms with Crippen LogP contribution in [0.15, 0.2) is 0 Å². The van der Waals surface area contributed by atoms with Gasteiger partial charge in [0.1, 0.15) is 0 Å². The maximum atomic E-state index is 11.8. The predicted molar refractivity (Wildman–Crippen MR) is 88.8 cm³/mol. The van der Waals surface area contributed by atoms with Crippen LogP contribution >= 0.6 is 0 Å². The summed E-state index contributed by atoms with van der Waals surface area (Å²) in [7, 11) is -3.11. The summed E-state index contributed by atoms with van der Waals surface area (Å²) in [6.45, 7) is 4.75. The first kappa shape index (κ1) is 18.5. The van der Waals surface area contributed by atoms with Gasteiger partial charge >= 0.3 is 6.03 Å². The molecule has 0 aromatic rings. The quantitative estimate of drug-likeness (QED) is 0.607. The molecule has 1 saturated carbocycles. The zero-order valence-corrected chi connectivity index (χ0v) is 14.7. The van der Waals surface area contributed by atoms with Gasteiger partial charge in [-0.25, -0.2) is 17.5 Å². The molecule has 1 saturated heterocycles. The fourth-order valence-electron chi connectivity index (χ4n) is 2.61. The average molecular weight is 347 g/mol. The second kappa shape index (κ2) is 8.84. The number of nitrogens with one attached hydrogen (secondary N) is 2. The van der Waals surface area contributed by atoms with Crippen LogP contribution < -0.4 is 10.6 Å². The molecule has 0 aromatic carbocycles. The number of hydrogen-bond donors (Lipinski definition) is 2. The molecule has 0 bridgehead atoms. The minimum atomic E-state index is -3.11. The Morgan fingerprint density at radius 1 is 1.22 bits per heavy atom. The number of carbonyl (C=O) groups is 1. The van der Waals surface area contributed by atoms with Crippen LogP contribution in [0.1, 0.15) is 39.0 Å². The van der Waals surface area contributed by atoms with Gasteiger partial charge in [0, 0.05) is 38.9 Å². The molecule has 7 nitrogen and oxygen atoms in total. The second-order valence-electron chi connectivity index (χ2n) is 6.35. The lowest BCUT2D eigenvalue weighted by molar-refractivity contribution is 0.122. The van der Waals surface area contributed by atoms with Gasteiger partial charge in [0.2, 0.25) is 10.0 Å². The first-order chi connectivity index (χ1) is 11.0. The molecule has 2 fully saturated rings. The van der Waals surface area contributed by atoms with Crippen LogP contribution in [0.25, 0.3) is 0 Å². The lowest BCUT2D eigenvalue weighted by Gasteiger charge is -2.31. The third-order valence-electron chi connectivity index (χ3n) is 4.35. The highest BCUT2D eigenvalue weighted by Crippen LogP contribution is 2.28. The molecular weight excluding hydrogens is 318 g/mol. The van der Waals surface area contributed by atoms with Crippen molar-refractivity contribution in [3.05, 3.63) is 0 Å². The number of rotatable bonds is 9. The van der Waals surface area contributed by atoms with Gasteiger partial charge < -0.3 is 15.4 Å². The Balaban J connectivity index is 1.52. The Morgan fingerprint density at radius 3 is 2.52 bits per heavy atom. The zero-order chi connectivity index (χ0) is 16.7. The van der Waals surface area contributed by atoms with Gasteiger partial charge in [-0.1, -0.05) is 0 Å². The van der Waals surface area contributed by atoms with Crippen LogP contribution in [-0.2, 0) is 14.8 Å². The van der Waals surface area contributed by atoms with E-state index < -0.39 is 10.0 Å². The third-order valence-corrected chi connectivity index (χ3v) is 6.23. The average Bonchev–Trinajstić information content (AvgIpc) is 3.35. The third kappa shape index (κ3) is 6.64. The maximum absolute atomic E-state index is 11.8. The van der Waals surface area contributed by atoms with Crippen molar-refractivity contribution >= 4 is 16.1 Å². The van der Waals surface area contributed by atoms with E-state index >= 15 is 0 Å². The Labute approximate surface area is 139 Å². The summed E-state index contributed by atoms with van der Waals surface area (Å²) in [6.07, 6.45) is 4.72. The SMILES string of the molecule is CCS(=O)(=O)N1CCC(NC(=O)NCCCOCC2CC2)CC1. The largest absolute Gasteiger partial charge is 0.381 e. The molecule has 2 N–H and O–H groups in total. The summed E-state index contributed by atoms with van der Waals surface area (Å²) in [4.78, 5) is 11.8. The van der Waals surface area contributed by atoms with E-state index in [-0.39, 0.29) is 17.8 Å². The lowest BCUT2D eigenvalue weighted by atomic mass is 10.1. The van der Waals surface area contributed by atoms with E-state index in [1.54, 1.807) is 6.92 Å². The van der Waals surface area contributed by atoms with E-state index in [4.69, 9.17) is 4.74 Å². The minimum absolute atomic E-state index is 0.0458. The molecule has 1 aliphatic heterocycles. The van der Waals surface area contributed by atoms with Gasteiger partial charge in [0.15, 0.2) is 0 Å². The van der Waals surface area contributed by atoms with Crippen molar-refractivity contribution in [3.63, 3.8) is 0 Å². The smallest absolute Gasteiger partial charge is 0.315 e. The van der Waals surface area contributed by atoms with E-state index in [1.807, 2.05) is 0 Å². The number of urea groups is 1. The number of ether oxygens (including phenoxy) is 1. The molecule has 1 heterocycles. The van der Waals surface area contributed by atoms with Gasteiger partial charge in [-0.3, -0.25) is 0 Å². The summed E-state index contributed by atoms with van der Waals surface area (Å²) < 4.78 is 30.6. The molecule has 1 aliphatic carbocycles. The maximum Gasteiger partial charge on any atom is 0.315 e. The van der Waals surface area contributed by atoms with Crippen LogP contribution in [0.2, 0.25) is 0 Å². The second-order valence-corrected chi connectivity index (χ2v) is 8.60. The number of piperidine rings is 1. The van der Waals surface area contributed by atoms with Gasteiger partial charge in [0.05, 0.1) is 5.75 Å². The van der Waals surface area contributed by atoms with Crippen molar-refractivity contribution in [1.82, 2.24) is 14.9 Å². The van der Waals surface area contributed by atoms with Crippen LogP contribution in [0.3, 0.4) is 0 Å². The van der Waals surface area contributed by atoms with Crippen LogP contribution in [0, 0.1) is 5.92 Å². The molecule has 23 heavy (non-hydrogen) atoms. The van der Waals surface area contributed by atoms with E-state index in [9.17, 15) is 13.2 Å². The molecule has 0 unspecified atom stereocenters. The van der Waals surface area contributed by atoms with E-state index in [0.29, 0.717) is 39.1 Å². The van der Waals surface area contributed by atoms with Gasteiger partial charge in [0.25, 0.3) is 0 Å². The fourth-order valence-corrected chi connectivity index (χ4v) is 3.74. The predicted octanol–water partition coefficient (Wildman–Crippen LogP) is 0.916. The Morgan fingerprint density at radius 2 is 1.91 bits per heavy atom. The van der Waals surface area contributed by atoms with Crippen LogP contribution in [0.4, 0.5) is 4.79 Å². The molecule has 2 aliphatic rings. The number of nitrogens with zero attached hydrogens (tertiary/aromatic N) is 1. The highest BCUT2D eigenvalue weighted by molar-refractivity contribution is 7.89. The molecular formula is C15H29N3O4S. The van der Waals surface area contributed by atoms with Gasteiger partial charge in [-0.05, 0) is 44.9 Å². The van der Waals surface area contributed by atoms with Crippen LogP contribution in [0.5, 0.6) is 0 Å². The summed E-state index contributed by atoms with van der Waals surface area (Å²) >= 11 is 0. The number of amides is 2. The Hall–Kier alpha value is -0.860. The summed E-state index contributed by atoms with van der Waals surface area (Å²) in [5.41, 5.74) is 0. The highest BCUT2D eigenvalue weighted by atomic mass is 32.2. The van der Waals surface area contributed by atoms with E-state index in [2.05, 4.69) is 10.6 Å². The van der Waals surface area contributed by atoms with Crippen LogP contribution in [-0.4, -0.2) is 63.4 Å². The summed E-state index contributed by atoms with van der Waals surface area (Å²) in [5, 5.41) is 5.74. The molecule has 2 rings (SSSR count). The van der Waals surface area contributed by atoms with Crippen molar-refractivity contribution in [1.29, 1.82) is 0 Å². The molecule has 134 valence electrons. The van der Waals surface area contributed by atoms with Gasteiger partial charge in [-0.2, -0.15) is 0 Å². The Kier molecular flexibility index (Phi) is 7.10. The van der Waals surface area contributed by atoms with Crippen molar-refractivity contribution in [2.45, 2.75) is 45.1 Å². The monoisotopic (exact) mass is 347 g/mol. The Bertz CT molecular complexity index is 471. The molecule has 2 amide bonds. The minimum Gasteiger partial charge on any atom is -0.381 e. The summed E-state index contributed by atoms with van der Waals surface area (Å²) in [6, 6.07) is -0.131. The molecule has 0 atom stereocenters. The van der Waals surface area contributed by atoms with E-state index in [0.717, 1.165) is 18.9 Å². The molecule has 0 spiro atoms. The number of carbonyl (C=O) groups excluding carboxylic acids is 1. The van der Waals surface area contributed by atoms with Crippen molar-refractivity contribution in [2.75, 3.05) is 38.6 Å². The molecule has 0 aromatic heterocycles. The number of sulfonamides is 1. The van der Waals surface area contributed by atoms with Crippen molar-refractivity contribution in [3.8, 4) is 0 Å². The standard InChI is InChI=1S/C15H29N3O4S/c1-2-23(20,21)18-9-6-14(7-10-18)17-15(19)16-8-3-11-22-12-13-4-5-13/h13-14H,2-12H2,1H3,(H2,16,17,19). The highest BCUT2D eigenvalue weighted by Gasteiger charge is 2.27. The molecule has 8 heteroatoms. The topological polar surface area (TPSA) is 87.7 Å². The lowest BCUT2D eigenvalue weighted by Crippen LogP contribution is -2.49. The molecule has 0 radical (unpaired) electrons. The van der Waals surface area contributed by atoms with E-state index in [1.165, 1.54) is 17.1 Å². The van der Waals surface area contributed by atoms with Gasteiger partial charge in [-0.15, -0.1) is 0 Å².